The highest BCUT2D eigenvalue weighted by atomic mass is 16.3. The van der Waals surface area contributed by atoms with Crippen molar-refractivity contribution < 1.29 is 9.90 Å². The Kier molecular flexibility index (Phi) is 5.31. The number of nitrogens with one attached hydrogen (secondary N) is 2. The molecule has 0 aliphatic carbocycles. The first kappa shape index (κ1) is 14.7. The van der Waals surface area contributed by atoms with Gasteiger partial charge in [0.2, 0.25) is 5.91 Å². The average Bonchev–Trinajstić information content (AvgIpc) is 2.33. The number of rotatable bonds is 6. The van der Waals surface area contributed by atoms with Crippen molar-refractivity contribution in [2.75, 3.05) is 6.54 Å². The lowest BCUT2D eigenvalue weighted by Crippen LogP contribution is -2.48. The molecule has 1 rings (SSSR count). The summed E-state index contributed by atoms with van der Waals surface area (Å²) in [5, 5.41) is 15.5. The molecular formula is C14H22N2O2. The van der Waals surface area contributed by atoms with Crippen molar-refractivity contribution in [3.8, 4) is 0 Å². The van der Waals surface area contributed by atoms with E-state index >= 15 is 0 Å². The van der Waals surface area contributed by atoms with Crippen LogP contribution in [0.1, 0.15) is 26.3 Å². The zero-order valence-corrected chi connectivity index (χ0v) is 11.2. The molecule has 0 aliphatic rings. The topological polar surface area (TPSA) is 61.4 Å². The lowest BCUT2D eigenvalue weighted by molar-refractivity contribution is -0.120. The van der Waals surface area contributed by atoms with Gasteiger partial charge in [0, 0.05) is 12.6 Å². The first-order chi connectivity index (χ1) is 8.39. The fourth-order valence-corrected chi connectivity index (χ4v) is 1.35. The zero-order chi connectivity index (χ0) is 13.6. The van der Waals surface area contributed by atoms with Crippen molar-refractivity contribution in [2.45, 2.75) is 39.0 Å². The number of benzene rings is 1. The molecule has 0 aromatic heterocycles. The monoisotopic (exact) mass is 250 g/mol. The molecule has 1 atom stereocenters. The van der Waals surface area contributed by atoms with E-state index in [0.29, 0.717) is 6.54 Å². The Morgan fingerprint density at radius 1 is 1.33 bits per heavy atom. The third-order valence-corrected chi connectivity index (χ3v) is 2.96. The Morgan fingerprint density at radius 2 is 1.94 bits per heavy atom. The second kappa shape index (κ2) is 6.52. The van der Waals surface area contributed by atoms with Crippen molar-refractivity contribution >= 4 is 5.91 Å². The molecule has 0 saturated heterocycles. The molecule has 0 radical (unpaired) electrons. The van der Waals surface area contributed by atoms with Gasteiger partial charge in [0.05, 0.1) is 12.1 Å². The first-order valence-corrected chi connectivity index (χ1v) is 6.16. The highest BCUT2D eigenvalue weighted by Crippen LogP contribution is 2.06. The summed E-state index contributed by atoms with van der Waals surface area (Å²) in [5.41, 5.74) is 0.237. The molecule has 0 bridgehead atoms. The largest absolute Gasteiger partial charge is 0.389 e. The van der Waals surface area contributed by atoms with Crippen molar-refractivity contribution in [1.82, 2.24) is 10.6 Å². The van der Waals surface area contributed by atoms with Crippen LogP contribution in [0.3, 0.4) is 0 Å². The maximum atomic E-state index is 11.6. The molecule has 0 fully saturated rings. The Bertz CT molecular complexity index is 371. The van der Waals surface area contributed by atoms with Gasteiger partial charge >= 0.3 is 0 Å². The van der Waals surface area contributed by atoms with Crippen LogP contribution in [0, 0.1) is 0 Å². The number of carbonyl (C=O) groups is 1. The molecular weight excluding hydrogens is 228 g/mol. The molecule has 0 saturated carbocycles. The van der Waals surface area contributed by atoms with Gasteiger partial charge in [-0.15, -0.1) is 0 Å². The SMILES string of the molecule is CC(NCC(=O)NCc1ccccc1)C(C)(C)O. The minimum Gasteiger partial charge on any atom is -0.389 e. The molecule has 4 nitrogen and oxygen atoms in total. The summed E-state index contributed by atoms with van der Waals surface area (Å²) in [7, 11) is 0. The van der Waals surface area contributed by atoms with Crippen molar-refractivity contribution in [1.29, 1.82) is 0 Å². The minimum absolute atomic E-state index is 0.0741. The van der Waals surface area contributed by atoms with Crippen LogP contribution in [-0.4, -0.2) is 29.2 Å². The molecule has 0 spiro atoms. The molecule has 1 amide bonds. The van der Waals surface area contributed by atoms with E-state index in [1.807, 2.05) is 37.3 Å². The van der Waals surface area contributed by atoms with Gasteiger partial charge in [-0.05, 0) is 26.3 Å². The van der Waals surface area contributed by atoms with Crippen LogP contribution < -0.4 is 10.6 Å². The van der Waals surface area contributed by atoms with Crippen LogP contribution in [0.5, 0.6) is 0 Å². The van der Waals surface area contributed by atoms with Crippen LogP contribution in [0.25, 0.3) is 0 Å². The van der Waals surface area contributed by atoms with Gasteiger partial charge < -0.3 is 15.7 Å². The Morgan fingerprint density at radius 3 is 2.50 bits per heavy atom. The van der Waals surface area contributed by atoms with E-state index in [1.54, 1.807) is 13.8 Å². The zero-order valence-electron chi connectivity index (χ0n) is 11.2. The van der Waals surface area contributed by atoms with Gasteiger partial charge in [0.15, 0.2) is 0 Å². The van der Waals surface area contributed by atoms with Gasteiger partial charge in [0.25, 0.3) is 0 Å². The fraction of sp³-hybridized carbons (Fsp3) is 0.500. The highest BCUT2D eigenvalue weighted by molar-refractivity contribution is 5.78. The van der Waals surface area contributed by atoms with Crippen LogP contribution >= 0.6 is 0 Å². The second-order valence-corrected chi connectivity index (χ2v) is 5.02. The van der Waals surface area contributed by atoms with E-state index in [4.69, 9.17) is 0 Å². The molecule has 100 valence electrons. The van der Waals surface area contributed by atoms with Crippen molar-refractivity contribution in [3.63, 3.8) is 0 Å². The number of amides is 1. The van der Waals surface area contributed by atoms with E-state index in [1.165, 1.54) is 0 Å². The van der Waals surface area contributed by atoms with Gasteiger partial charge in [-0.2, -0.15) is 0 Å². The lowest BCUT2D eigenvalue weighted by atomic mass is 10.0. The molecule has 0 aliphatic heterocycles. The first-order valence-electron chi connectivity index (χ1n) is 6.16. The van der Waals surface area contributed by atoms with Gasteiger partial charge in [-0.3, -0.25) is 4.79 Å². The third kappa shape index (κ3) is 5.29. The predicted molar refractivity (Wildman–Crippen MR) is 72.1 cm³/mol. The summed E-state index contributed by atoms with van der Waals surface area (Å²) >= 11 is 0. The molecule has 4 heteroatoms. The van der Waals surface area contributed by atoms with Crippen molar-refractivity contribution in [3.05, 3.63) is 35.9 Å². The third-order valence-electron chi connectivity index (χ3n) is 2.96. The Labute approximate surface area is 108 Å². The normalized spacial score (nSPS) is 13.1. The van der Waals surface area contributed by atoms with E-state index in [9.17, 15) is 9.90 Å². The highest BCUT2D eigenvalue weighted by Gasteiger charge is 2.21. The standard InChI is InChI=1S/C14H22N2O2/c1-11(14(2,3)18)15-10-13(17)16-9-12-7-5-4-6-8-12/h4-8,11,15,18H,9-10H2,1-3H3,(H,16,17). The van der Waals surface area contributed by atoms with E-state index < -0.39 is 5.60 Å². The quantitative estimate of drug-likeness (QED) is 0.707. The molecule has 1 unspecified atom stereocenters. The average molecular weight is 250 g/mol. The minimum atomic E-state index is -0.834. The second-order valence-electron chi connectivity index (χ2n) is 5.02. The van der Waals surface area contributed by atoms with Crippen LogP contribution in [0.4, 0.5) is 0 Å². The number of hydrogen-bond donors (Lipinski definition) is 3. The predicted octanol–water partition coefficient (Wildman–Crippen LogP) is 1.05. The molecule has 1 aromatic rings. The van der Waals surface area contributed by atoms with Crippen LogP contribution in [0.2, 0.25) is 0 Å². The van der Waals surface area contributed by atoms with Gasteiger partial charge in [0.1, 0.15) is 0 Å². The molecule has 18 heavy (non-hydrogen) atoms. The smallest absolute Gasteiger partial charge is 0.234 e. The number of carbonyl (C=O) groups excluding carboxylic acids is 1. The van der Waals surface area contributed by atoms with E-state index in [-0.39, 0.29) is 18.5 Å². The van der Waals surface area contributed by atoms with Gasteiger partial charge in [-0.1, -0.05) is 30.3 Å². The van der Waals surface area contributed by atoms with Gasteiger partial charge in [-0.25, -0.2) is 0 Å². The molecule has 1 aromatic carbocycles. The number of aliphatic hydroxyl groups is 1. The van der Waals surface area contributed by atoms with Crippen LogP contribution in [-0.2, 0) is 11.3 Å². The molecule has 0 heterocycles. The summed E-state index contributed by atoms with van der Waals surface area (Å²) in [6.07, 6.45) is 0. The lowest BCUT2D eigenvalue weighted by Gasteiger charge is -2.26. The van der Waals surface area contributed by atoms with Crippen molar-refractivity contribution in [2.24, 2.45) is 0 Å². The van der Waals surface area contributed by atoms with E-state index in [2.05, 4.69) is 10.6 Å². The van der Waals surface area contributed by atoms with Crippen LogP contribution in [0.15, 0.2) is 30.3 Å². The van der Waals surface area contributed by atoms with E-state index in [0.717, 1.165) is 5.56 Å². The summed E-state index contributed by atoms with van der Waals surface area (Å²) in [5.74, 6) is -0.0741. The summed E-state index contributed by atoms with van der Waals surface area (Å²) in [6, 6.07) is 9.62. The summed E-state index contributed by atoms with van der Waals surface area (Å²) in [6.45, 7) is 6.01. The Hall–Kier alpha value is -1.39. The Balaban J connectivity index is 2.27. The molecule has 3 N–H and O–H groups in total. The maximum Gasteiger partial charge on any atom is 0.234 e. The number of hydrogen-bond acceptors (Lipinski definition) is 3. The fourth-order valence-electron chi connectivity index (χ4n) is 1.35. The maximum absolute atomic E-state index is 11.6. The summed E-state index contributed by atoms with van der Waals surface area (Å²) < 4.78 is 0. The summed E-state index contributed by atoms with van der Waals surface area (Å²) in [4.78, 5) is 11.6.